The van der Waals surface area contributed by atoms with Gasteiger partial charge in [-0.15, -0.1) is 0 Å². The molecule has 29 heavy (non-hydrogen) atoms. The molecule has 0 aliphatic rings. The Morgan fingerprint density at radius 2 is 1.28 bits per heavy atom. The summed E-state index contributed by atoms with van der Waals surface area (Å²) < 4.78 is 18.2. The summed E-state index contributed by atoms with van der Waals surface area (Å²) >= 11 is 0. The van der Waals surface area contributed by atoms with Gasteiger partial charge in [0.1, 0.15) is 5.75 Å². The summed E-state index contributed by atoms with van der Waals surface area (Å²) in [4.78, 5) is 21.7. The molecule has 0 amide bonds. The van der Waals surface area contributed by atoms with E-state index in [2.05, 4.69) is 0 Å². The number of hydrogen-bond donors (Lipinski definition) is 2. The standard InChI is InChI=1S/C22H34O6S/c23-21(24)15-8-6-4-2-1-3-5-7-11-17-28-19-13-9-10-14-20(19)29(27)18-12-16-22(25)26/h9-10,13-14H,1-8,11-12,15-18H2,(H,23,24)(H,25,26). The van der Waals surface area contributed by atoms with E-state index in [1.807, 2.05) is 18.2 Å². The number of hydrogen-bond acceptors (Lipinski definition) is 4. The number of aliphatic carboxylic acids is 2. The van der Waals surface area contributed by atoms with Crippen molar-refractivity contribution in [2.24, 2.45) is 0 Å². The molecule has 1 rings (SSSR count). The van der Waals surface area contributed by atoms with Gasteiger partial charge in [0.2, 0.25) is 0 Å². The quantitative estimate of drug-likeness (QED) is 0.320. The molecule has 1 aromatic rings. The number of benzene rings is 1. The van der Waals surface area contributed by atoms with Crippen molar-refractivity contribution < 1.29 is 28.7 Å². The zero-order valence-corrected chi connectivity index (χ0v) is 18.0. The highest BCUT2D eigenvalue weighted by molar-refractivity contribution is 7.85. The molecule has 0 heterocycles. The first-order chi connectivity index (χ1) is 14.0. The van der Waals surface area contributed by atoms with Gasteiger partial charge in [-0.2, -0.15) is 0 Å². The second-order valence-electron chi connectivity index (χ2n) is 7.17. The topological polar surface area (TPSA) is 101 Å². The van der Waals surface area contributed by atoms with Gasteiger partial charge >= 0.3 is 11.9 Å². The summed E-state index contributed by atoms with van der Waals surface area (Å²) in [7, 11) is -1.25. The summed E-state index contributed by atoms with van der Waals surface area (Å²) in [6.45, 7) is 0.582. The lowest BCUT2D eigenvalue weighted by Gasteiger charge is -2.11. The first-order valence-corrected chi connectivity index (χ1v) is 11.9. The number of carbonyl (C=O) groups is 2. The van der Waals surface area contributed by atoms with Crippen LogP contribution < -0.4 is 4.74 Å². The minimum atomic E-state index is -1.25. The van der Waals surface area contributed by atoms with Crippen LogP contribution in [0.5, 0.6) is 5.75 Å². The number of carboxylic acids is 2. The van der Waals surface area contributed by atoms with Gasteiger partial charge in [0.05, 0.1) is 22.3 Å². The Morgan fingerprint density at radius 3 is 1.90 bits per heavy atom. The molecule has 0 aromatic heterocycles. The van der Waals surface area contributed by atoms with E-state index in [9.17, 15) is 13.8 Å². The zero-order valence-electron chi connectivity index (χ0n) is 17.1. The summed E-state index contributed by atoms with van der Waals surface area (Å²) in [5.41, 5.74) is 0. The molecule has 164 valence electrons. The summed E-state index contributed by atoms with van der Waals surface area (Å²) in [5, 5.41) is 17.3. The van der Waals surface area contributed by atoms with Crippen molar-refractivity contribution >= 4 is 22.7 Å². The molecular weight excluding hydrogens is 392 g/mol. The maximum Gasteiger partial charge on any atom is 0.303 e. The van der Waals surface area contributed by atoms with Crippen LogP contribution in [0.1, 0.15) is 77.0 Å². The van der Waals surface area contributed by atoms with Crippen LogP contribution in [0.25, 0.3) is 0 Å². The van der Waals surface area contributed by atoms with Gasteiger partial charge in [0.25, 0.3) is 0 Å². The second kappa shape index (κ2) is 16.0. The highest BCUT2D eigenvalue weighted by atomic mass is 32.2. The van der Waals surface area contributed by atoms with Crippen molar-refractivity contribution in [3.8, 4) is 5.75 Å². The minimum Gasteiger partial charge on any atom is -0.492 e. The maximum atomic E-state index is 12.4. The van der Waals surface area contributed by atoms with Crippen LogP contribution in [-0.4, -0.2) is 38.7 Å². The zero-order chi connectivity index (χ0) is 21.3. The molecule has 7 heteroatoms. The van der Waals surface area contributed by atoms with Gasteiger partial charge in [-0.05, 0) is 31.4 Å². The predicted molar refractivity (Wildman–Crippen MR) is 114 cm³/mol. The van der Waals surface area contributed by atoms with Gasteiger partial charge in [-0.3, -0.25) is 13.8 Å². The largest absolute Gasteiger partial charge is 0.492 e. The van der Waals surface area contributed by atoms with Gasteiger partial charge in [-0.25, -0.2) is 0 Å². The molecule has 0 saturated heterocycles. The maximum absolute atomic E-state index is 12.4. The minimum absolute atomic E-state index is 0.0249. The Labute approximate surface area is 176 Å². The number of para-hydroxylation sites is 1. The molecule has 0 fully saturated rings. The molecule has 6 nitrogen and oxygen atoms in total. The van der Waals surface area contributed by atoms with E-state index in [1.54, 1.807) is 6.07 Å². The molecule has 1 aromatic carbocycles. The van der Waals surface area contributed by atoms with E-state index in [1.165, 1.54) is 12.8 Å². The van der Waals surface area contributed by atoms with Gasteiger partial charge < -0.3 is 14.9 Å². The van der Waals surface area contributed by atoms with E-state index in [0.717, 1.165) is 44.9 Å². The first-order valence-electron chi connectivity index (χ1n) is 10.5. The van der Waals surface area contributed by atoms with Crippen LogP contribution in [0.3, 0.4) is 0 Å². The van der Waals surface area contributed by atoms with E-state index >= 15 is 0 Å². The van der Waals surface area contributed by atoms with Gasteiger partial charge in [-0.1, -0.05) is 57.1 Å². The van der Waals surface area contributed by atoms with Crippen LogP contribution in [0, 0.1) is 0 Å². The summed E-state index contributed by atoms with van der Waals surface area (Å²) in [5.74, 6) is -0.630. The third-order valence-electron chi connectivity index (χ3n) is 4.61. The molecule has 2 N–H and O–H groups in total. The van der Waals surface area contributed by atoms with Crippen LogP contribution in [0.4, 0.5) is 0 Å². The highest BCUT2D eigenvalue weighted by Gasteiger charge is 2.11. The molecule has 0 spiro atoms. The Bertz CT molecular complexity index is 631. The van der Waals surface area contributed by atoms with Crippen LogP contribution in [0.2, 0.25) is 0 Å². The Balaban J connectivity index is 2.12. The third kappa shape index (κ3) is 13.0. The first kappa shape index (κ1) is 25.1. The Kier molecular flexibility index (Phi) is 13.8. The number of rotatable bonds is 18. The fraction of sp³-hybridized carbons (Fsp3) is 0.636. The van der Waals surface area contributed by atoms with Crippen molar-refractivity contribution in [3.05, 3.63) is 24.3 Å². The molecule has 0 aliphatic carbocycles. The average Bonchev–Trinajstić information content (AvgIpc) is 2.68. The van der Waals surface area contributed by atoms with E-state index < -0.39 is 22.7 Å². The lowest BCUT2D eigenvalue weighted by atomic mass is 10.1. The summed E-state index contributed by atoms with van der Waals surface area (Å²) in [6.07, 6.45) is 10.3. The molecule has 0 saturated carbocycles. The predicted octanol–water partition coefficient (Wildman–Crippen LogP) is 5.02. The average molecular weight is 427 g/mol. The smallest absolute Gasteiger partial charge is 0.303 e. The van der Waals surface area contributed by atoms with Crippen LogP contribution >= 0.6 is 0 Å². The number of ether oxygens (including phenoxy) is 1. The molecular formula is C22H34O6S. The van der Waals surface area contributed by atoms with Gasteiger partial charge in [0.15, 0.2) is 0 Å². The summed E-state index contributed by atoms with van der Waals surface area (Å²) in [6, 6.07) is 7.26. The monoisotopic (exact) mass is 426 g/mol. The highest BCUT2D eigenvalue weighted by Crippen LogP contribution is 2.23. The van der Waals surface area contributed by atoms with Crippen molar-refractivity contribution in [2.45, 2.75) is 81.9 Å². The molecule has 0 bridgehead atoms. The lowest BCUT2D eigenvalue weighted by molar-refractivity contribution is -0.138. The SMILES string of the molecule is O=C(O)CCCCCCCCCCCOc1ccccc1S(=O)CCCC(=O)O. The van der Waals surface area contributed by atoms with Crippen molar-refractivity contribution in [2.75, 3.05) is 12.4 Å². The number of unbranched alkanes of at least 4 members (excludes halogenated alkanes) is 8. The third-order valence-corrected chi connectivity index (χ3v) is 6.09. The normalized spacial score (nSPS) is 11.9. The van der Waals surface area contributed by atoms with E-state index in [4.69, 9.17) is 14.9 Å². The van der Waals surface area contributed by atoms with Crippen LogP contribution in [-0.2, 0) is 20.4 Å². The Morgan fingerprint density at radius 1 is 0.759 bits per heavy atom. The fourth-order valence-corrected chi connectivity index (χ4v) is 4.23. The van der Waals surface area contributed by atoms with Crippen molar-refractivity contribution in [1.29, 1.82) is 0 Å². The van der Waals surface area contributed by atoms with E-state index in [-0.39, 0.29) is 12.8 Å². The lowest BCUT2D eigenvalue weighted by Crippen LogP contribution is -2.05. The Hall–Kier alpha value is -1.89. The fourth-order valence-electron chi connectivity index (χ4n) is 3.02. The van der Waals surface area contributed by atoms with E-state index in [0.29, 0.717) is 29.4 Å². The molecule has 0 radical (unpaired) electrons. The second-order valence-corrected chi connectivity index (χ2v) is 8.71. The number of carboxylic acid groups (broad SMARTS) is 2. The van der Waals surface area contributed by atoms with Crippen LogP contribution in [0.15, 0.2) is 29.2 Å². The van der Waals surface area contributed by atoms with Gasteiger partial charge in [0, 0.05) is 18.6 Å². The van der Waals surface area contributed by atoms with Crippen molar-refractivity contribution in [3.63, 3.8) is 0 Å². The van der Waals surface area contributed by atoms with Crippen molar-refractivity contribution in [1.82, 2.24) is 0 Å². The molecule has 0 aliphatic heterocycles. The molecule has 1 atom stereocenters. The molecule has 1 unspecified atom stereocenters.